The number of hydrogen-bond donors (Lipinski definition) is 1. The number of carbonyl (C=O) groups is 2. The van der Waals surface area contributed by atoms with E-state index in [0.717, 1.165) is 6.07 Å². The Morgan fingerprint density at radius 1 is 1.11 bits per heavy atom. The van der Waals surface area contributed by atoms with Crippen molar-refractivity contribution in [2.45, 2.75) is 6.92 Å². The molecule has 1 amide bonds. The number of rotatable bonds is 6. The van der Waals surface area contributed by atoms with E-state index in [9.17, 15) is 24.5 Å². The Bertz CT molecular complexity index is 1530. The lowest BCUT2D eigenvalue weighted by Crippen LogP contribution is -2.22. The van der Waals surface area contributed by atoms with Gasteiger partial charge in [-0.2, -0.15) is 0 Å². The van der Waals surface area contributed by atoms with E-state index in [2.05, 4.69) is 10.3 Å². The Hall–Kier alpha value is -4.57. The summed E-state index contributed by atoms with van der Waals surface area (Å²) in [6.07, 6.45) is 0. The molecule has 1 N–H and O–H groups in total. The summed E-state index contributed by atoms with van der Waals surface area (Å²) in [4.78, 5) is 52.1. The first-order valence-electron chi connectivity index (χ1n) is 10.2. The van der Waals surface area contributed by atoms with Gasteiger partial charge in [-0.1, -0.05) is 23.7 Å². The molecular formula is C24H17ClN4O6. The molecule has 0 aliphatic heterocycles. The number of nitro benzene ring substituents is 1. The number of carbonyl (C=O) groups excluding carboxylic acids is 2. The highest BCUT2D eigenvalue weighted by molar-refractivity contribution is 6.32. The van der Waals surface area contributed by atoms with Crippen LogP contribution in [0.4, 0.5) is 11.4 Å². The van der Waals surface area contributed by atoms with Crippen molar-refractivity contribution < 1.29 is 19.2 Å². The number of nitro groups is 1. The Morgan fingerprint density at radius 3 is 2.54 bits per heavy atom. The number of benzene rings is 3. The minimum Gasteiger partial charge on any atom is -0.452 e. The van der Waals surface area contributed by atoms with Crippen LogP contribution in [-0.4, -0.2) is 33.0 Å². The van der Waals surface area contributed by atoms with Crippen LogP contribution in [-0.2, 0) is 9.53 Å². The van der Waals surface area contributed by atoms with Gasteiger partial charge in [0.2, 0.25) is 0 Å². The number of para-hydroxylation sites is 1. The van der Waals surface area contributed by atoms with Crippen LogP contribution in [0.1, 0.15) is 16.2 Å². The van der Waals surface area contributed by atoms with E-state index in [1.807, 2.05) is 0 Å². The van der Waals surface area contributed by atoms with Crippen molar-refractivity contribution in [3.8, 4) is 5.69 Å². The van der Waals surface area contributed by atoms with Crippen molar-refractivity contribution in [2.24, 2.45) is 0 Å². The Kier molecular flexibility index (Phi) is 6.56. The molecule has 0 spiro atoms. The van der Waals surface area contributed by atoms with Crippen LogP contribution < -0.4 is 10.9 Å². The highest BCUT2D eigenvalue weighted by Crippen LogP contribution is 2.27. The molecule has 0 saturated heterocycles. The maximum atomic E-state index is 12.9. The number of aromatic nitrogens is 2. The van der Waals surface area contributed by atoms with Crippen molar-refractivity contribution in [3.63, 3.8) is 0 Å². The van der Waals surface area contributed by atoms with E-state index in [-0.39, 0.29) is 27.5 Å². The van der Waals surface area contributed by atoms with Gasteiger partial charge in [0.15, 0.2) is 6.61 Å². The van der Waals surface area contributed by atoms with E-state index in [1.54, 1.807) is 43.3 Å². The molecule has 11 heteroatoms. The lowest BCUT2D eigenvalue weighted by atomic mass is 10.2. The molecule has 0 unspecified atom stereocenters. The van der Waals surface area contributed by atoms with E-state index < -0.39 is 23.4 Å². The van der Waals surface area contributed by atoms with Gasteiger partial charge in [0, 0.05) is 11.8 Å². The summed E-state index contributed by atoms with van der Waals surface area (Å²) in [5.74, 6) is -0.950. The molecule has 1 heterocycles. The van der Waals surface area contributed by atoms with Crippen LogP contribution in [0.3, 0.4) is 0 Å². The number of hydrogen-bond acceptors (Lipinski definition) is 7. The standard InChI is InChI=1S/C24H17ClN4O6/c1-14-26-20-5-3-2-4-18(20)23(31)28(14)17-9-6-15(7-10-17)24(32)35-13-22(30)27-16-8-11-19(25)21(12-16)29(33)34/h2-12H,13H2,1H3,(H,27,30). The quantitative estimate of drug-likeness (QED) is 0.244. The van der Waals surface area contributed by atoms with Crippen molar-refractivity contribution in [2.75, 3.05) is 11.9 Å². The van der Waals surface area contributed by atoms with Crippen LogP contribution >= 0.6 is 11.6 Å². The number of ether oxygens (including phenoxy) is 1. The molecule has 176 valence electrons. The third-order valence-corrected chi connectivity index (χ3v) is 5.39. The topological polar surface area (TPSA) is 133 Å². The molecule has 0 aliphatic rings. The number of fused-ring (bicyclic) bond motifs is 1. The first-order valence-corrected chi connectivity index (χ1v) is 10.6. The minimum atomic E-state index is -0.755. The number of nitrogens with zero attached hydrogens (tertiary/aromatic N) is 3. The summed E-state index contributed by atoms with van der Waals surface area (Å²) in [5, 5.41) is 13.8. The zero-order chi connectivity index (χ0) is 25.1. The van der Waals surface area contributed by atoms with Gasteiger partial charge in [-0.15, -0.1) is 0 Å². The van der Waals surface area contributed by atoms with E-state index >= 15 is 0 Å². The van der Waals surface area contributed by atoms with Crippen LogP contribution in [0.15, 0.2) is 71.5 Å². The summed E-state index contributed by atoms with van der Waals surface area (Å²) in [6.45, 7) is 1.11. The summed E-state index contributed by atoms with van der Waals surface area (Å²) in [7, 11) is 0. The van der Waals surface area contributed by atoms with E-state index in [1.165, 1.54) is 28.8 Å². The van der Waals surface area contributed by atoms with Crippen molar-refractivity contribution >= 4 is 45.8 Å². The molecule has 0 atom stereocenters. The number of esters is 1. The second-order valence-corrected chi connectivity index (χ2v) is 7.82. The minimum absolute atomic E-state index is 0.0696. The number of anilines is 1. The number of nitrogens with one attached hydrogen (secondary N) is 1. The smallest absolute Gasteiger partial charge is 0.338 e. The van der Waals surface area contributed by atoms with Gasteiger partial charge in [0.25, 0.3) is 17.2 Å². The van der Waals surface area contributed by atoms with Crippen molar-refractivity contribution in [1.82, 2.24) is 9.55 Å². The molecule has 0 saturated carbocycles. The lowest BCUT2D eigenvalue weighted by Gasteiger charge is -2.11. The third-order valence-electron chi connectivity index (χ3n) is 5.07. The number of amides is 1. The van der Waals surface area contributed by atoms with Gasteiger partial charge in [-0.05, 0) is 55.5 Å². The average molecular weight is 493 g/mol. The van der Waals surface area contributed by atoms with Crippen LogP contribution in [0.5, 0.6) is 0 Å². The molecule has 10 nitrogen and oxygen atoms in total. The largest absolute Gasteiger partial charge is 0.452 e. The molecule has 0 fully saturated rings. The predicted molar refractivity (Wildman–Crippen MR) is 129 cm³/mol. The van der Waals surface area contributed by atoms with Gasteiger partial charge >= 0.3 is 5.97 Å². The molecule has 0 aliphatic carbocycles. The molecule has 1 aromatic heterocycles. The fourth-order valence-corrected chi connectivity index (χ4v) is 3.62. The van der Waals surface area contributed by atoms with Gasteiger partial charge in [-0.25, -0.2) is 9.78 Å². The van der Waals surface area contributed by atoms with Gasteiger partial charge in [0.05, 0.1) is 27.1 Å². The van der Waals surface area contributed by atoms with E-state index in [0.29, 0.717) is 22.4 Å². The van der Waals surface area contributed by atoms with Crippen molar-refractivity contribution in [1.29, 1.82) is 0 Å². The Balaban J connectivity index is 1.43. The maximum absolute atomic E-state index is 12.9. The maximum Gasteiger partial charge on any atom is 0.338 e. The zero-order valence-corrected chi connectivity index (χ0v) is 19.0. The highest BCUT2D eigenvalue weighted by Gasteiger charge is 2.16. The van der Waals surface area contributed by atoms with Crippen molar-refractivity contribution in [3.05, 3.63) is 104 Å². The Labute approximate surface area is 202 Å². The average Bonchev–Trinajstić information content (AvgIpc) is 2.84. The second-order valence-electron chi connectivity index (χ2n) is 7.41. The van der Waals surface area contributed by atoms with Crippen LogP contribution in [0, 0.1) is 17.0 Å². The second kappa shape index (κ2) is 9.74. The molecule has 4 aromatic rings. The SMILES string of the molecule is Cc1nc2ccccc2c(=O)n1-c1ccc(C(=O)OCC(=O)Nc2ccc(Cl)c([N+](=O)[O-])c2)cc1. The third kappa shape index (κ3) is 5.02. The number of halogens is 1. The summed E-state index contributed by atoms with van der Waals surface area (Å²) in [5.41, 5.74) is 0.821. The van der Waals surface area contributed by atoms with E-state index in [4.69, 9.17) is 16.3 Å². The fourth-order valence-electron chi connectivity index (χ4n) is 3.44. The highest BCUT2D eigenvalue weighted by atomic mass is 35.5. The first kappa shape index (κ1) is 23.6. The lowest BCUT2D eigenvalue weighted by molar-refractivity contribution is -0.384. The molecule has 0 bridgehead atoms. The zero-order valence-electron chi connectivity index (χ0n) is 18.2. The monoisotopic (exact) mass is 492 g/mol. The van der Waals surface area contributed by atoms with Gasteiger partial charge in [-0.3, -0.25) is 24.3 Å². The molecule has 4 rings (SSSR count). The van der Waals surface area contributed by atoms with Gasteiger partial charge in [0.1, 0.15) is 10.8 Å². The predicted octanol–water partition coefficient (Wildman–Crippen LogP) is 4.05. The Morgan fingerprint density at radius 2 is 1.83 bits per heavy atom. The summed E-state index contributed by atoms with van der Waals surface area (Å²) in [6, 6.07) is 16.9. The first-order chi connectivity index (χ1) is 16.7. The molecular weight excluding hydrogens is 476 g/mol. The fraction of sp³-hybridized carbons (Fsp3) is 0.0833. The normalized spacial score (nSPS) is 10.7. The summed E-state index contributed by atoms with van der Waals surface area (Å²) >= 11 is 5.75. The molecule has 3 aromatic carbocycles. The van der Waals surface area contributed by atoms with Gasteiger partial charge < -0.3 is 10.1 Å². The molecule has 35 heavy (non-hydrogen) atoms. The summed E-state index contributed by atoms with van der Waals surface area (Å²) < 4.78 is 6.46. The number of aryl methyl sites for hydroxylation is 1. The van der Waals surface area contributed by atoms with Crippen LogP contribution in [0.25, 0.3) is 16.6 Å². The van der Waals surface area contributed by atoms with Crippen LogP contribution in [0.2, 0.25) is 5.02 Å². The molecule has 0 radical (unpaired) electrons.